The SMILES string of the molecule is CC(NC(=O)CC(C)(C)Br)C1=CC(=O)C(=O)C=C1. The highest BCUT2D eigenvalue weighted by molar-refractivity contribution is 9.10. The van der Waals surface area contributed by atoms with Crippen LogP contribution in [-0.2, 0) is 14.4 Å². The molecule has 0 aromatic rings. The number of hydrogen-bond donors (Lipinski definition) is 1. The number of carbonyl (C=O) groups is 3. The zero-order chi connectivity index (χ0) is 13.9. The van der Waals surface area contributed by atoms with E-state index in [9.17, 15) is 14.4 Å². The van der Waals surface area contributed by atoms with E-state index in [1.165, 1.54) is 12.2 Å². The smallest absolute Gasteiger partial charge is 0.226 e. The molecular weight excluding hydrogens is 298 g/mol. The van der Waals surface area contributed by atoms with Crippen LogP contribution in [0.15, 0.2) is 23.8 Å². The third kappa shape index (κ3) is 4.56. The average molecular weight is 314 g/mol. The van der Waals surface area contributed by atoms with E-state index in [1.807, 2.05) is 13.8 Å². The molecule has 1 N–H and O–H groups in total. The first-order chi connectivity index (χ1) is 8.19. The van der Waals surface area contributed by atoms with Crippen molar-refractivity contribution in [1.82, 2.24) is 5.32 Å². The molecule has 18 heavy (non-hydrogen) atoms. The first kappa shape index (κ1) is 14.8. The highest BCUT2D eigenvalue weighted by atomic mass is 79.9. The van der Waals surface area contributed by atoms with Crippen molar-refractivity contribution in [2.75, 3.05) is 0 Å². The third-order valence-electron chi connectivity index (χ3n) is 2.43. The van der Waals surface area contributed by atoms with Gasteiger partial charge in [-0.15, -0.1) is 0 Å². The predicted octanol–water partition coefficient (Wildman–Crippen LogP) is 1.69. The van der Waals surface area contributed by atoms with Gasteiger partial charge in [-0.05, 0) is 38.5 Å². The Labute approximate surface area is 115 Å². The van der Waals surface area contributed by atoms with Crippen LogP contribution in [0.4, 0.5) is 0 Å². The Morgan fingerprint density at radius 3 is 2.44 bits per heavy atom. The summed E-state index contributed by atoms with van der Waals surface area (Å²) in [6, 6.07) is -0.291. The lowest BCUT2D eigenvalue weighted by atomic mass is 9.99. The number of carbonyl (C=O) groups excluding carboxylic acids is 3. The second-order valence-electron chi connectivity index (χ2n) is 4.89. The molecule has 5 heteroatoms. The van der Waals surface area contributed by atoms with Crippen LogP contribution in [0.1, 0.15) is 27.2 Å². The maximum atomic E-state index is 11.7. The quantitative estimate of drug-likeness (QED) is 0.488. The molecule has 1 unspecified atom stereocenters. The van der Waals surface area contributed by atoms with Gasteiger partial charge in [0.25, 0.3) is 0 Å². The Morgan fingerprint density at radius 2 is 1.94 bits per heavy atom. The van der Waals surface area contributed by atoms with Crippen LogP contribution in [0.2, 0.25) is 0 Å². The molecule has 0 saturated carbocycles. The molecule has 1 rings (SSSR count). The van der Waals surface area contributed by atoms with E-state index in [1.54, 1.807) is 13.0 Å². The lowest BCUT2D eigenvalue weighted by molar-refractivity contribution is -0.131. The molecule has 1 amide bonds. The van der Waals surface area contributed by atoms with Gasteiger partial charge in [-0.2, -0.15) is 0 Å². The lowest BCUT2D eigenvalue weighted by Gasteiger charge is -2.20. The molecule has 0 bridgehead atoms. The van der Waals surface area contributed by atoms with Gasteiger partial charge in [0.1, 0.15) is 0 Å². The summed E-state index contributed by atoms with van der Waals surface area (Å²) in [5.41, 5.74) is 0.639. The minimum absolute atomic E-state index is 0.108. The van der Waals surface area contributed by atoms with Crippen LogP contribution in [0.3, 0.4) is 0 Å². The number of alkyl halides is 1. The molecule has 1 atom stereocenters. The van der Waals surface area contributed by atoms with Crippen LogP contribution < -0.4 is 5.32 Å². The second kappa shape index (κ2) is 5.61. The summed E-state index contributed by atoms with van der Waals surface area (Å²) >= 11 is 3.39. The molecule has 1 aliphatic rings. The highest BCUT2D eigenvalue weighted by Gasteiger charge is 2.21. The Balaban J connectivity index is 2.62. The van der Waals surface area contributed by atoms with Crippen LogP contribution in [0.5, 0.6) is 0 Å². The van der Waals surface area contributed by atoms with Gasteiger partial charge in [-0.3, -0.25) is 14.4 Å². The summed E-state index contributed by atoms with van der Waals surface area (Å²) in [6.07, 6.45) is 4.40. The molecule has 0 aromatic heterocycles. The van der Waals surface area contributed by atoms with Crippen molar-refractivity contribution in [2.45, 2.75) is 37.6 Å². The highest BCUT2D eigenvalue weighted by Crippen LogP contribution is 2.20. The van der Waals surface area contributed by atoms with Crippen molar-refractivity contribution in [1.29, 1.82) is 0 Å². The largest absolute Gasteiger partial charge is 0.350 e. The van der Waals surface area contributed by atoms with E-state index in [0.717, 1.165) is 0 Å². The van der Waals surface area contributed by atoms with Crippen molar-refractivity contribution in [3.8, 4) is 0 Å². The van der Waals surface area contributed by atoms with Crippen molar-refractivity contribution >= 4 is 33.4 Å². The summed E-state index contributed by atoms with van der Waals surface area (Å²) in [4.78, 5) is 33.9. The van der Waals surface area contributed by atoms with Gasteiger partial charge in [0, 0.05) is 10.7 Å². The van der Waals surface area contributed by atoms with Crippen LogP contribution >= 0.6 is 15.9 Å². The van der Waals surface area contributed by atoms with E-state index in [0.29, 0.717) is 12.0 Å². The Morgan fingerprint density at radius 1 is 1.33 bits per heavy atom. The number of halogens is 1. The number of nitrogens with one attached hydrogen (secondary N) is 1. The number of rotatable bonds is 4. The normalized spacial score (nSPS) is 17.4. The fraction of sp³-hybridized carbons (Fsp3) is 0.462. The molecule has 0 heterocycles. The summed E-state index contributed by atoms with van der Waals surface area (Å²) in [5.74, 6) is -1.18. The predicted molar refractivity (Wildman–Crippen MR) is 72.5 cm³/mol. The first-order valence-electron chi connectivity index (χ1n) is 5.65. The number of allylic oxidation sites excluding steroid dienone is 2. The van der Waals surface area contributed by atoms with Gasteiger partial charge in [0.05, 0.1) is 6.04 Å². The van der Waals surface area contributed by atoms with Gasteiger partial charge in [0.15, 0.2) is 0 Å². The van der Waals surface area contributed by atoms with Gasteiger partial charge >= 0.3 is 0 Å². The Hall–Kier alpha value is -1.23. The van der Waals surface area contributed by atoms with Gasteiger partial charge in [-0.25, -0.2) is 0 Å². The van der Waals surface area contributed by atoms with Crippen LogP contribution in [0.25, 0.3) is 0 Å². The molecule has 0 fully saturated rings. The number of amides is 1. The van der Waals surface area contributed by atoms with Gasteiger partial charge in [-0.1, -0.05) is 22.0 Å². The molecule has 0 spiro atoms. The standard InChI is InChI=1S/C13H16BrNO3/c1-8(15-12(18)7-13(2,3)14)9-4-5-10(16)11(17)6-9/h4-6,8H,7H2,1-3H3,(H,15,18). The maximum Gasteiger partial charge on any atom is 0.226 e. The van der Waals surface area contributed by atoms with E-state index < -0.39 is 11.6 Å². The molecular formula is C13H16BrNO3. The van der Waals surface area contributed by atoms with E-state index in [-0.39, 0.29) is 16.3 Å². The minimum Gasteiger partial charge on any atom is -0.350 e. The summed E-state index contributed by atoms with van der Waals surface area (Å²) < 4.78 is -0.265. The third-order valence-corrected chi connectivity index (χ3v) is 2.71. The maximum absolute atomic E-state index is 11.7. The van der Waals surface area contributed by atoms with Gasteiger partial charge in [0.2, 0.25) is 17.5 Å². The summed E-state index contributed by atoms with van der Waals surface area (Å²) in [5, 5.41) is 2.79. The number of ketones is 2. The Bertz CT molecular complexity index is 444. The summed E-state index contributed by atoms with van der Waals surface area (Å²) in [7, 11) is 0. The fourth-order valence-electron chi connectivity index (χ4n) is 1.55. The fourth-order valence-corrected chi connectivity index (χ4v) is 1.81. The van der Waals surface area contributed by atoms with Gasteiger partial charge < -0.3 is 5.32 Å². The van der Waals surface area contributed by atoms with E-state index in [2.05, 4.69) is 21.2 Å². The molecule has 1 aliphatic carbocycles. The monoisotopic (exact) mass is 313 g/mol. The molecule has 98 valence electrons. The van der Waals surface area contributed by atoms with Crippen molar-refractivity contribution in [3.63, 3.8) is 0 Å². The molecule has 4 nitrogen and oxygen atoms in total. The van der Waals surface area contributed by atoms with Crippen LogP contribution in [0, 0.1) is 0 Å². The molecule has 0 radical (unpaired) electrons. The zero-order valence-electron chi connectivity index (χ0n) is 10.6. The topological polar surface area (TPSA) is 63.2 Å². The molecule has 0 saturated heterocycles. The molecule has 0 aromatic carbocycles. The summed E-state index contributed by atoms with van der Waals surface area (Å²) in [6.45, 7) is 5.58. The van der Waals surface area contributed by atoms with Crippen molar-refractivity contribution in [2.24, 2.45) is 0 Å². The molecule has 0 aliphatic heterocycles. The van der Waals surface area contributed by atoms with E-state index >= 15 is 0 Å². The van der Waals surface area contributed by atoms with Crippen molar-refractivity contribution in [3.05, 3.63) is 23.8 Å². The van der Waals surface area contributed by atoms with Crippen LogP contribution in [-0.4, -0.2) is 27.8 Å². The Kier molecular flexibility index (Phi) is 4.62. The van der Waals surface area contributed by atoms with Crippen molar-refractivity contribution < 1.29 is 14.4 Å². The minimum atomic E-state index is -0.547. The lowest BCUT2D eigenvalue weighted by Crippen LogP contribution is -2.37. The second-order valence-corrected chi connectivity index (χ2v) is 7.04. The average Bonchev–Trinajstić information content (AvgIpc) is 2.18. The zero-order valence-corrected chi connectivity index (χ0v) is 12.2. The number of hydrogen-bond acceptors (Lipinski definition) is 3. The van der Waals surface area contributed by atoms with E-state index in [4.69, 9.17) is 0 Å². The first-order valence-corrected chi connectivity index (χ1v) is 6.44.